The second-order valence-electron chi connectivity index (χ2n) is 10.2. The highest BCUT2D eigenvalue weighted by atomic mass is 16.5. The van der Waals surface area contributed by atoms with Gasteiger partial charge in [0.2, 0.25) is 0 Å². The molecule has 6 heteroatoms. The van der Waals surface area contributed by atoms with Gasteiger partial charge in [-0.1, -0.05) is 26.3 Å². The van der Waals surface area contributed by atoms with Crippen LogP contribution in [-0.4, -0.2) is 55.4 Å². The smallest absolute Gasteiger partial charge is 0.260 e. The zero-order chi connectivity index (χ0) is 22.7. The molecule has 1 aromatic carbocycles. The van der Waals surface area contributed by atoms with E-state index in [0.29, 0.717) is 38.0 Å². The van der Waals surface area contributed by atoms with E-state index in [0.717, 1.165) is 37.0 Å². The molecule has 32 heavy (non-hydrogen) atoms. The predicted octanol–water partition coefficient (Wildman–Crippen LogP) is 4.76. The maximum atomic E-state index is 12.6. The summed E-state index contributed by atoms with van der Waals surface area (Å²) in [7, 11) is 0. The fourth-order valence-corrected chi connectivity index (χ4v) is 5.36. The van der Waals surface area contributed by atoms with Crippen LogP contribution in [-0.2, 0) is 14.3 Å². The quantitative estimate of drug-likeness (QED) is 0.606. The molecular weight excluding hydrogens is 406 g/mol. The van der Waals surface area contributed by atoms with Crippen LogP contribution >= 0.6 is 0 Å². The van der Waals surface area contributed by atoms with Gasteiger partial charge in [-0.2, -0.15) is 0 Å². The Morgan fingerprint density at radius 3 is 2.78 bits per heavy atom. The summed E-state index contributed by atoms with van der Waals surface area (Å²) in [5, 5.41) is 0. The third-order valence-corrected chi connectivity index (χ3v) is 7.24. The molecule has 0 unspecified atom stereocenters. The van der Waals surface area contributed by atoms with Crippen molar-refractivity contribution in [3.63, 3.8) is 0 Å². The Balaban J connectivity index is 1.54. The lowest BCUT2D eigenvalue weighted by molar-refractivity contribution is -0.154. The third-order valence-electron chi connectivity index (χ3n) is 7.24. The normalized spacial score (nSPS) is 29.8. The first-order chi connectivity index (χ1) is 15.4. The highest BCUT2D eigenvalue weighted by Crippen LogP contribution is 2.54. The number of carbonyl (C=O) groups excluding carboxylic acids is 1. The topological polar surface area (TPSA) is 57.2 Å². The molecule has 3 aliphatic rings. The summed E-state index contributed by atoms with van der Waals surface area (Å²) in [6, 6.07) is 5.91. The molecule has 1 aromatic rings. The predicted molar refractivity (Wildman–Crippen MR) is 123 cm³/mol. The largest absolute Gasteiger partial charge is 0.487 e. The van der Waals surface area contributed by atoms with E-state index in [2.05, 4.69) is 27.7 Å². The van der Waals surface area contributed by atoms with Crippen LogP contribution in [0.4, 0.5) is 0 Å². The van der Waals surface area contributed by atoms with E-state index >= 15 is 0 Å². The Hall–Kier alpha value is -1.79. The summed E-state index contributed by atoms with van der Waals surface area (Å²) < 4.78 is 24.7. The third kappa shape index (κ3) is 5.07. The van der Waals surface area contributed by atoms with E-state index in [1.807, 2.05) is 23.1 Å². The average Bonchev–Trinajstić information content (AvgIpc) is 2.77. The van der Waals surface area contributed by atoms with Crippen LogP contribution in [0.5, 0.6) is 11.5 Å². The number of benzene rings is 1. The Bertz CT molecular complexity index is 790. The molecule has 178 valence electrons. The van der Waals surface area contributed by atoms with Crippen molar-refractivity contribution in [3.05, 3.63) is 23.8 Å². The van der Waals surface area contributed by atoms with E-state index in [9.17, 15) is 4.79 Å². The minimum atomic E-state index is -0.255. The summed E-state index contributed by atoms with van der Waals surface area (Å²) in [5.41, 5.74) is 0.717. The van der Waals surface area contributed by atoms with Crippen LogP contribution in [0.15, 0.2) is 18.2 Å². The van der Waals surface area contributed by atoms with Gasteiger partial charge in [0, 0.05) is 19.0 Å². The van der Waals surface area contributed by atoms with E-state index in [1.54, 1.807) is 0 Å². The van der Waals surface area contributed by atoms with Gasteiger partial charge < -0.3 is 23.8 Å². The van der Waals surface area contributed by atoms with Crippen LogP contribution in [0.2, 0.25) is 0 Å². The molecule has 2 saturated heterocycles. The Kier molecular flexibility index (Phi) is 7.30. The van der Waals surface area contributed by atoms with Crippen molar-refractivity contribution >= 4 is 5.91 Å². The Morgan fingerprint density at radius 2 is 2.03 bits per heavy atom. The molecule has 0 aliphatic carbocycles. The number of hydrogen-bond donors (Lipinski definition) is 0. The number of ether oxygens (including phenoxy) is 4. The molecule has 3 aliphatic heterocycles. The van der Waals surface area contributed by atoms with Crippen LogP contribution in [0.3, 0.4) is 0 Å². The fraction of sp³-hybridized carbons (Fsp3) is 0.731. The highest BCUT2D eigenvalue weighted by Gasteiger charge is 2.50. The maximum absolute atomic E-state index is 12.6. The first kappa shape index (κ1) is 23.4. The summed E-state index contributed by atoms with van der Waals surface area (Å²) in [4.78, 5) is 14.4. The Morgan fingerprint density at radius 1 is 1.25 bits per heavy atom. The number of rotatable bonds is 7. The number of morpholine rings is 1. The molecule has 4 atom stereocenters. The van der Waals surface area contributed by atoms with E-state index in [4.69, 9.17) is 18.9 Å². The fourth-order valence-electron chi connectivity index (χ4n) is 5.36. The second-order valence-corrected chi connectivity index (χ2v) is 10.2. The molecule has 2 fully saturated rings. The van der Waals surface area contributed by atoms with Gasteiger partial charge >= 0.3 is 0 Å². The van der Waals surface area contributed by atoms with Crippen LogP contribution in [0.1, 0.15) is 71.5 Å². The second kappa shape index (κ2) is 10.0. The monoisotopic (exact) mass is 445 g/mol. The van der Waals surface area contributed by atoms with Crippen molar-refractivity contribution in [1.82, 2.24) is 4.90 Å². The number of nitrogens with zero attached hydrogens (tertiary/aromatic N) is 1. The number of hydrogen-bond acceptors (Lipinski definition) is 5. The van der Waals surface area contributed by atoms with Gasteiger partial charge in [0.15, 0.2) is 6.61 Å². The van der Waals surface area contributed by atoms with Crippen molar-refractivity contribution in [2.75, 3.05) is 32.9 Å². The first-order valence-electron chi connectivity index (χ1n) is 12.3. The van der Waals surface area contributed by atoms with Crippen molar-refractivity contribution in [3.8, 4) is 11.5 Å². The molecule has 0 aromatic heterocycles. The molecule has 0 radical (unpaired) electrons. The molecule has 6 nitrogen and oxygen atoms in total. The van der Waals surface area contributed by atoms with Gasteiger partial charge in [-0.3, -0.25) is 4.79 Å². The summed E-state index contributed by atoms with van der Waals surface area (Å²) in [6.45, 7) is 11.4. The summed E-state index contributed by atoms with van der Waals surface area (Å²) in [5.74, 6) is 2.51. The van der Waals surface area contributed by atoms with E-state index in [1.165, 1.54) is 6.42 Å². The summed E-state index contributed by atoms with van der Waals surface area (Å²) >= 11 is 0. The van der Waals surface area contributed by atoms with Crippen LogP contribution in [0, 0.1) is 11.8 Å². The van der Waals surface area contributed by atoms with Crippen molar-refractivity contribution < 1.29 is 23.7 Å². The lowest BCUT2D eigenvalue weighted by Crippen LogP contribution is -2.50. The van der Waals surface area contributed by atoms with Crippen molar-refractivity contribution in [2.45, 2.75) is 77.6 Å². The van der Waals surface area contributed by atoms with Gasteiger partial charge in [0.05, 0.1) is 31.0 Å². The lowest BCUT2D eigenvalue weighted by atomic mass is 9.72. The number of fused-ring (bicyclic) bond motifs is 3. The van der Waals surface area contributed by atoms with Gasteiger partial charge in [-0.25, -0.2) is 0 Å². The zero-order valence-corrected chi connectivity index (χ0v) is 20.1. The van der Waals surface area contributed by atoms with Crippen LogP contribution in [0.25, 0.3) is 0 Å². The zero-order valence-electron chi connectivity index (χ0n) is 20.1. The lowest BCUT2D eigenvalue weighted by Gasteiger charge is -2.50. The molecule has 4 rings (SSSR count). The number of amides is 1. The Labute approximate surface area is 192 Å². The van der Waals surface area contributed by atoms with Gasteiger partial charge in [0.1, 0.15) is 17.1 Å². The van der Waals surface area contributed by atoms with E-state index in [-0.39, 0.29) is 36.2 Å². The van der Waals surface area contributed by atoms with Gasteiger partial charge in [-0.15, -0.1) is 0 Å². The SMILES string of the molecule is CC(C)CCC[C@]1(C)Oc2cccc(OCC(=O)N3CCOCC3)c2[C@@H]2O[C@H](C)CC[C@H]21. The maximum Gasteiger partial charge on any atom is 0.260 e. The minimum Gasteiger partial charge on any atom is -0.487 e. The molecule has 0 bridgehead atoms. The standard InChI is InChI=1S/C26H39NO5/c1-18(2)7-6-12-26(4)20-11-10-19(3)31-25(20)24-21(8-5-9-22(24)32-26)30-17-23(28)27-13-15-29-16-14-27/h5,8-9,18-20,25H,6-7,10-17H2,1-4H3/t19-,20-,25-,26+/m1/s1. The van der Waals surface area contributed by atoms with Crippen molar-refractivity contribution in [2.24, 2.45) is 11.8 Å². The highest BCUT2D eigenvalue weighted by molar-refractivity contribution is 5.78. The minimum absolute atomic E-state index is 0.00404. The number of carbonyl (C=O) groups is 1. The summed E-state index contributed by atoms with van der Waals surface area (Å²) in [6.07, 6.45) is 5.61. The molecular formula is C26H39NO5. The van der Waals surface area contributed by atoms with Gasteiger partial charge in [0.25, 0.3) is 5.91 Å². The molecule has 0 spiro atoms. The molecule has 1 amide bonds. The van der Waals surface area contributed by atoms with Crippen molar-refractivity contribution in [1.29, 1.82) is 0 Å². The average molecular weight is 446 g/mol. The molecule has 3 heterocycles. The van der Waals surface area contributed by atoms with E-state index < -0.39 is 0 Å². The van der Waals surface area contributed by atoms with Gasteiger partial charge in [-0.05, 0) is 57.6 Å². The first-order valence-corrected chi connectivity index (χ1v) is 12.3. The molecule has 0 N–H and O–H groups in total. The molecule has 0 saturated carbocycles. The van der Waals surface area contributed by atoms with Crippen LogP contribution < -0.4 is 9.47 Å².